The van der Waals surface area contributed by atoms with Gasteiger partial charge < -0.3 is 9.64 Å². The highest BCUT2D eigenvalue weighted by Crippen LogP contribution is 2.24. The van der Waals surface area contributed by atoms with E-state index in [0.717, 1.165) is 24.9 Å². The molecule has 28 heavy (non-hydrogen) atoms. The molecule has 0 saturated carbocycles. The van der Waals surface area contributed by atoms with Gasteiger partial charge in [-0.2, -0.15) is 4.80 Å². The highest BCUT2D eigenvalue weighted by Gasteiger charge is 2.27. The molecule has 1 aliphatic rings. The number of para-hydroxylation sites is 1. The van der Waals surface area contributed by atoms with Crippen LogP contribution in [0.25, 0.3) is 11.4 Å². The molecule has 3 heterocycles. The van der Waals surface area contributed by atoms with Gasteiger partial charge in [0.25, 0.3) is 5.91 Å². The summed E-state index contributed by atoms with van der Waals surface area (Å²) in [4.78, 5) is 20.6. The van der Waals surface area contributed by atoms with Crippen LogP contribution in [0.4, 0.5) is 0 Å². The van der Waals surface area contributed by atoms with Gasteiger partial charge >= 0.3 is 0 Å². The quantitative estimate of drug-likeness (QED) is 0.677. The van der Waals surface area contributed by atoms with Gasteiger partial charge in [0.1, 0.15) is 5.75 Å². The van der Waals surface area contributed by atoms with Crippen molar-refractivity contribution in [3.8, 4) is 17.1 Å². The Kier molecular flexibility index (Phi) is 5.27. The highest BCUT2D eigenvalue weighted by atomic mass is 16.5. The molecule has 0 bridgehead atoms. The Balaban J connectivity index is 1.43. The van der Waals surface area contributed by atoms with Crippen LogP contribution in [0.3, 0.4) is 0 Å². The van der Waals surface area contributed by atoms with Crippen molar-refractivity contribution in [1.29, 1.82) is 0 Å². The molecule has 1 saturated heterocycles. The van der Waals surface area contributed by atoms with E-state index in [0.29, 0.717) is 30.2 Å². The smallest absolute Gasteiger partial charge is 0.257 e. The third-order valence-electron chi connectivity index (χ3n) is 4.94. The predicted octanol–water partition coefficient (Wildman–Crippen LogP) is 2.30. The standard InChI is InChI=1S/C20H22N6O2/c1-28-18-9-3-2-8-17(18)20(27)25-11-5-6-15(13-25)14-26-23-19(22-24-26)16-7-4-10-21-12-16/h2-4,7-10,12,15H,5-6,11,13-14H2,1H3/t15-/m1/s1. The fourth-order valence-electron chi connectivity index (χ4n) is 3.55. The lowest BCUT2D eigenvalue weighted by molar-refractivity contribution is 0.0652. The summed E-state index contributed by atoms with van der Waals surface area (Å²) in [6.07, 6.45) is 5.41. The van der Waals surface area contributed by atoms with E-state index in [-0.39, 0.29) is 11.8 Å². The Hall–Kier alpha value is -3.29. The average molecular weight is 378 g/mol. The Morgan fingerprint density at radius 1 is 1.25 bits per heavy atom. The van der Waals surface area contributed by atoms with E-state index in [1.807, 2.05) is 41.3 Å². The summed E-state index contributed by atoms with van der Waals surface area (Å²) in [6.45, 7) is 2.04. The Morgan fingerprint density at radius 3 is 2.96 bits per heavy atom. The number of tetrazole rings is 1. The molecule has 0 N–H and O–H groups in total. The molecule has 1 amide bonds. The molecular weight excluding hydrogens is 356 g/mol. The van der Waals surface area contributed by atoms with Gasteiger partial charge in [-0.25, -0.2) is 0 Å². The number of carbonyl (C=O) groups excluding carboxylic acids is 1. The molecular formula is C20H22N6O2. The monoisotopic (exact) mass is 378 g/mol. The minimum Gasteiger partial charge on any atom is -0.496 e. The second-order valence-electron chi connectivity index (χ2n) is 6.87. The minimum absolute atomic E-state index is 0.00440. The Bertz CT molecular complexity index is 943. The van der Waals surface area contributed by atoms with Crippen LogP contribution in [0.15, 0.2) is 48.8 Å². The molecule has 0 unspecified atom stereocenters. The number of carbonyl (C=O) groups is 1. The number of likely N-dealkylation sites (tertiary alicyclic amines) is 1. The number of piperidine rings is 1. The number of hydrogen-bond acceptors (Lipinski definition) is 6. The van der Waals surface area contributed by atoms with Gasteiger partial charge in [0.2, 0.25) is 5.82 Å². The van der Waals surface area contributed by atoms with Gasteiger partial charge in [-0.3, -0.25) is 9.78 Å². The summed E-state index contributed by atoms with van der Waals surface area (Å²) in [5.41, 5.74) is 1.44. The molecule has 0 spiro atoms. The van der Waals surface area contributed by atoms with E-state index in [2.05, 4.69) is 20.4 Å². The van der Waals surface area contributed by atoms with Crippen molar-refractivity contribution in [3.05, 3.63) is 54.4 Å². The second kappa shape index (κ2) is 8.16. The number of nitrogens with zero attached hydrogens (tertiary/aromatic N) is 6. The zero-order valence-electron chi connectivity index (χ0n) is 15.7. The number of benzene rings is 1. The summed E-state index contributed by atoms with van der Waals surface area (Å²) in [5.74, 6) is 1.45. The number of ether oxygens (including phenoxy) is 1. The third kappa shape index (κ3) is 3.85. The van der Waals surface area contributed by atoms with Gasteiger partial charge in [-0.15, -0.1) is 10.2 Å². The molecule has 1 aromatic carbocycles. The topological polar surface area (TPSA) is 86.0 Å². The second-order valence-corrected chi connectivity index (χ2v) is 6.87. The molecule has 1 aliphatic heterocycles. The zero-order valence-corrected chi connectivity index (χ0v) is 15.7. The molecule has 8 nitrogen and oxygen atoms in total. The molecule has 0 aliphatic carbocycles. The summed E-state index contributed by atoms with van der Waals surface area (Å²) < 4.78 is 5.34. The SMILES string of the molecule is COc1ccccc1C(=O)N1CCC[C@@H](Cn2nnc(-c3cccnc3)n2)C1. The lowest BCUT2D eigenvalue weighted by Gasteiger charge is -2.32. The summed E-state index contributed by atoms with van der Waals surface area (Å²) in [6, 6.07) is 11.1. The largest absolute Gasteiger partial charge is 0.496 e. The number of rotatable bonds is 5. The molecule has 1 atom stereocenters. The first-order chi connectivity index (χ1) is 13.7. The van der Waals surface area contributed by atoms with Crippen molar-refractivity contribution in [1.82, 2.24) is 30.1 Å². The van der Waals surface area contributed by atoms with E-state index in [1.165, 1.54) is 0 Å². The van der Waals surface area contributed by atoms with Crippen LogP contribution in [0.2, 0.25) is 0 Å². The molecule has 8 heteroatoms. The van der Waals surface area contributed by atoms with Crippen molar-refractivity contribution >= 4 is 5.91 Å². The van der Waals surface area contributed by atoms with E-state index in [4.69, 9.17) is 4.74 Å². The Morgan fingerprint density at radius 2 is 2.14 bits per heavy atom. The predicted molar refractivity (Wildman–Crippen MR) is 103 cm³/mol. The molecule has 0 radical (unpaired) electrons. The molecule has 3 aromatic rings. The van der Waals surface area contributed by atoms with E-state index >= 15 is 0 Å². The van der Waals surface area contributed by atoms with E-state index < -0.39 is 0 Å². The van der Waals surface area contributed by atoms with Crippen LogP contribution in [0, 0.1) is 5.92 Å². The number of hydrogen-bond donors (Lipinski definition) is 0. The molecule has 144 valence electrons. The van der Waals surface area contributed by atoms with Gasteiger partial charge in [0, 0.05) is 31.0 Å². The summed E-state index contributed by atoms with van der Waals surface area (Å²) >= 11 is 0. The van der Waals surface area contributed by atoms with E-state index in [1.54, 1.807) is 24.3 Å². The summed E-state index contributed by atoms with van der Waals surface area (Å²) in [5, 5.41) is 12.7. The van der Waals surface area contributed by atoms with Crippen LogP contribution in [0.5, 0.6) is 5.75 Å². The zero-order chi connectivity index (χ0) is 19.3. The molecule has 4 rings (SSSR count). The summed E-state index contributed by atoms with van der Waals surface area (Å²) in [7, 11) is 1.58. The number of methoxy groups -OCH3 is 1. The fraction of sp³-hybridized carbons (Fsp3) is 0.350. The van der Waals surface area contributed by atoms with Crippen LogP contribution >= 0.6 is 0 Å². The van der Waals surface area contributed by atoms with Crippen LogP contribution in [0.1, 0.15) is 23.2 Å². The maximum Gasteiger partial charge on any atom is 0.257 e. The van der Waals surface area contributed by atoms with Crippen LogP contribution in [-0.2, 0) is 6.54 Å². The van der Waals surface area contributed by atoms with Crippen molar-refractivity contribution in [2.24, 2.45) is 5.92 Å². The maximum atomic E-state index is 13.0. The van der Waals surface area contributed by atoms with Crippen molar-refractivity contribution in [3.63, 3.8) is 0 Å². The number of aromatic nitrogens is 5. The van der Waals surface area contributed by atoms with Crippen LogP contribution < -0.4 is 4.74 Å². The fourth-order valence-corrected chi connectivity index (χ4v) is 3.55. The molecule has 2 aromatic heterocycles. The van der Waals surface area contributed by atoms with Crippen molar-refractivity contribution in [2.45, 2.75) is 19.4 Å². The van der Waals surface area contributed by atoms with Gasteiger partial charge in [0.15, 0.2) is 0 Å². The maximum absolute atomic E-state index is 13.0. The number of pyridine rings is 1. The average Bonchev–Trinajstić information content (AvgIpc) is 3.22. The first-order valence-electron chi connectivity index (χ1n) is 9.35. The van der Waals surface area contributed by atoms with Crippen molar-refractivity contribution in [2.75, 3.05) is 20.2 Å². The van der Waals surface area contributed by atoms with Crippen molar-refractivity contribution < 1.29 is 9.53 Å². The van der Waals surface area contributed by atoms with E-state index in [9.17, 15) is 4.79 Å². The lowest BCUT2D eigenvalue weighted by atomic mass is 9.97. The third-order valence-corrected chi connectivity index (χ3v) is 4.94. The first-order valence-corrected chi connectivity index (χ1v) is 9.35. The van der Waals surface area contributed by atoms with Crippen LogP contribution in [-0.4, -0.2) is 56.2 Å². The van der Waals surface area contributed by atoms with Gasteiger partial charge in [0.05, 0.1) is 19.2 Å². The van der Waals surface area contributed by atoms with Gasteiger partial charge in [-0.05, 0) is 48.2 Å². The Labute approximate surface area is 163 Å². The normalized spacial score (nSPS) is 16.8. The number of amides is 1. The minimum atomic E-state index is 0.00440. The first kappa shape index (κ1) is 18.1. The molecule has 1 fully saturated rings. The lowest BCUT2D eigenvalue weighted by Crippen LogP contribution is -2.41. The van der Waals surface area contributed by atoms with Gasteiger partial charge in [-0.1, -0.05) is 12.1 Å². The highest BCUT2D eigenvalue weighted by molar-refractivity contribution is 5.97.